The van der Waals surface area contributed by atoms with Crippen molar-refractivity contribution < 1.29 is 9.32 Å². The molecule has 0 N–H and O–H groups in total. The van der Waals surface area contributed by atoms with Crippen LogP contribution < -0.4 is 4.90 Å². The maximum Gasteiger partial charge on any atom is 0.259 e. The Bertz CT molecular complexity index is 1300. The second kappa shape index (κ2) is 7.91. The number of benzene rings is 2. The molecule has 2 aromatic heterocycles. The van der Waals surface area contributed by atoms with E-state index in [9.17, 15) is 4.79 Å². The largest absolute Gasteiger partial charge is 0.334 e. The highest BCUT2D eigenvalue weighted by molar-refractivity contribution is 7.99. The van der Waals surface area contributed by atoms with Gasteiger partial charge in [-0.25, -0.2) is 0 Å². The first-order chi connectivity index (χ1) is 15.8. The number of carbonyl (C=O) groups excluding carboxylic acids is 1. The molecule has 2 aromatic carbocycles. The number of hydrogen-bond donors (Lipinski definition) is 0. The SMILES string of the molecule is O=C1c2ccccc2Sc2cc(-c3noc(-c4ccncc4)n3)ccc2N1C1CCCC1. The molecule has 7 heteroatoms. The van der Waals surface area contributed by atoms with E-state index in [1.165, 1.54) is 0 Å². The van der Waals surface area contributed by atoms with Crippen molar-refractivity contribution in [2.24, 2.45) is 0 Å². The van der Waals surface area contributed by atoms with Gasteiger partial charge in [-0.3, -0.25) is 9.78 Å². The molecule has 0 radical (unpaired) electrons. The number of pyridine rings is 1. The van der Waals surface area contributed by atoms with Crippen molar-refractivity contribution in [1.29, 1.82) is 0 Å². The molecule has 4 aromatic rings. The van der Waals surface area contributed by atoms with Crippen LogP contribution in [0.1, 0.15) is 36.0 Å². The predicted molar refractivity (Wildman–Crippen MR) is 123 cm³/mol. The van der Waals surface area contributed by atoms with Gasteiger partial charge in [-0.1, -0.05) is 41.9 Å². The molecule has 158 valence electrons. The highest BCUT2D eigenvalue weighted by Gasteiger charge is 2.34. The smallest absolute Gasteiger partial charge is 0.259 e. The first-order valence-electron chi connectivity index (χ1n) is 10.8. The minimum Gasteiger partial charge on any atom is -0.334 e. The summed E-state index contributed by atoms with van der Waals surface area (Å²) in [5.74, 6) is 1.07. The first kappa shape index (κ1) is 19.3. The Balaban J connectivity index is 1.44. The molecule has 1 aliphatic heterocycles. The number of amides is 1. The third-order valence-electron chi connectivity index (χ3n) is 6.08. The molecule has 6 rings (SSSR count). The van der Waals surface area contributed by atoms with E-state index >= 15 is 0 Å². The Labute approximate surface area is 189 Å². The lowest BCUT2D eigenvalue weighted by molar-refractivity contribution is 0.0974. The van der Waals surface area contributed by atoms with Crippen LogP contribution in [0.3, 0.4) is 0 Å². The van der Waals surface area contributed by atoms with Crippen molar-refractivity contribution in [1.82, 2.24) is 15.1 Å². The van der Waals surface area contributed by atoms with Crippen LogP contribution in [0.25, 0.3) is 22.8 Å². The van der Waals surface area contributed by atoms with Crippen molar-refractivity contribution in [3.8, 4) is 22.8 Å². The molecular weight excluding hydrogens is 420 g/mol. The van der Waals surface area contributed by atoms with Crippen LogP contribution in [-0.4, -0.2) is 27.1 Å². The van der Waals surface area contributed by atoms with Gasteiger partial charge in [0.05, 0.1) is 11.3 Å². The van der Waals surface area contributed by atoms with E-state index in [2.05, 4.69) is 21.2 Å². The summed E-state index contributed by atoms with van der Waals surface area (Å²) in [6, 6.07) is 17.9. The number of fused-ring (bicyclic) bond motifs is 2. The van der Waals surface area contributed by atoms with Gasteiger partial charge in [0, 0.05) is 39.4 Å². The maximum atomic E-state index is 13.6. The van der Waals surface area contributed by atoms with Gasteiger partial charge in [-0.2, -0.15) is 4.98 Å². The summed E-state index contributed by atoms with van der Waals surface area (Å²) in [6.07, 6.45) is 7.81. The van der Waals surface area contributed by atoms with E-state index in [4.69, 9.17) is 4.52 Å². The molecule has 32 heavy (non-hydrogen) atoms. The van der Waals surface area contributed by atoms with Gasteiger partial charge in [0.1, 0.15) is 0 Å². The molecule has 1 amide bonds. The molecule has 0 atom stereocenters. The van der Waals surface area contributed by atoms with Crippen LogP contribution in [0.15, 0.2) is 81.3 Å². The fourth-order valence-corrected chi connectivity index (χ4v) is 5.61. The van der Waals surface area contributed by atoms with Gasteiger partial charge in [0.2, 0.25) is 5.82 Å². The van der Waals surface area contributed by atoms with Crippen LogP contribution in [0.4, 0.5) is 5.69 Å². The summed E-state index contributed by atoms with van der Waals surface area (Å²) in [4.78, 5) is 26.2. The normalized spacial score (nSPS) is 16.0. The van der Waals surface area contributed by atoms with Gasteiger partial charge in [-0.05, 0) is 55.3 Å². The number of nitrogens with zero attached hydrogens (tertiary/aromatic N) is 4. The summed E-state index contributed by atoms with van der Waals surface area (Å²) in [5, 5.41) is 4.19. The molecule has 3 heterocycles. The maximum absolute atomic E-state index is 13.6. The van der Waals surface area contributed by atoms with Gasteiger partial charge in [-0.15, -0.1) is 0 Å². The van der Waals surface area contributed by atoms with Crippen molar-refractivity contribution in [3.05, 3.63) is 72.6 Å². The fraction of sp³-hybridized carbons (Fsp3) is 0.200. The van der Waals surface area contributed by atoms with Crippen molar-refractivity contribution in [3.63, 3.8) is 0 Å². The summed E-state index contributed by atoms with van der Waals surface area (Å²) < 4.78 is 5.49. The average molecular weight is 441 g/mol. The summed E-state index contributed by atoms with van der Waals surface area (Å²) in [7, 11) is 0. The summed E-state index contributed by atoms with van der Waals surface area (Å²) in [6.45, 7) is 0. The molecule has 6 nitrogen and oxygen atoms in total. The molecule has 1 saturated carbocycles. The van der Waals surface area contributed by atoms with Gasteiger partial charge >= 0.3 is 0 Å². The first-order valence-corrected chi connectivity index (χ1v) is 11.6. The number of carbonyl (C=O) groups is 1. The van der Waals surface area contributed by atoms with Gasteiger partial charge < -0.3 is 9.42 Å². The van der Waals surface area contributed by atoms with Crippen LogP contribution in [0, 0.1) is 0 Å². The second-order valence-electron chi connectivity index (χ2n) is 8.05. The molecule has 2 aliphatic rings. The third-order valence-corrected chi connectivity index (χ3v) is 7.20. The molecule has 1 fully saturated rings. The number of rotatable bonds is 3. The molecule has 0 saturated heterocycles. The highest BCUT2D eigenvalue weighted by Crippen LogP contribution is 2.45. The Morgan fingerprint density at radius 1 is 0.938 bits per heavy atom. The van der Waals surface area contributed by atoms with E-state index in [-0.39, 0.29) is 11.9 Å². The minimum absolute atomic E-state index is 0.0889. The zero-order valence-electron chi connectivity index (χ0n) is 17.3. The number of anilines is 1. The molecule has 0 unspecified atom stereocenters. The third kappa shape index (κ3) is 3.29. The Kier molecular flexibility index (Phi) is 4.76. The highest BCUT2D eigenvalue weighted by atomic mass is 32.2. The second-order valence-corrected chi connectivity index (χ2v) is 9.14. The average Bonchev–Trinajstić information content (AvgIpc) is 3.52. The Morgan fingerprint density at radius 2 is 1.75 bits per heavy atom. The Hall–Kier alpha value is -3.45. The predicted octanol–water partition coefficient (Wildman–Crippen LogP) is 5.85. The van der Waals surface area contributed by atoms with E-state index in [0.717, 1.165) is 57.9 Å². The van der Waals surface area contributed by atoms with Crippen LogP contribution >= 0.6 is 11.8 Å². The quantitative estimate of drug-likeness (QED) is 0.398. The lowest BCUT2D eigenvalue weighted by Gasteiger charge is -2.29. The fourth-order valence-electron chi connectivity index (χ4n) is 4.50. The number of hydrogen-bond acceptors (Lipinski definition) is 6. The van der Waals surface area contributed by atoms with E-state index < -0.39 is 0 Å². The summed E-state index contributed by atoms with van der Waals surface area (Å²) in [5.41, 5.74) is 3.42. The lowest BCUT2D eigenvalue weighted by Crippen LogP contribution is -2.39. The van der Waals surface area contributed by atoms with Crippen molar-refractivity contribution >= 4 is 23.4 Å². The number of aromatic nitrogens is 3. The molecule has 0 bridgehead atoms. The minimum atomic E-state index is 0.0889. The van der Waals surface area contributed by atoms with Gasteiger partial charge in [0.15, 0.2) is 0 Å². The standard InChI is InChI=1S/C25H20N4O2S/c30-25-19-7-3-4-8-21(19)32-22-15-17(9-10-20(22)29(25)18-5-1-2-6-18)23-27-24(31-28-23)16-11-13-26-14-12-16/h3-4,7-15,18H,1-2,5-6H2. The van der Waals surface area contributed by atoms with E-state index in [0.29, 0.717) is 11.7 Å². The van der Waals surface area contributed by atoms with Crippen LogP contribution in [-0.2, 0) is 0 Å². The summed E-state index contributed by atoms with van der Waals surface area (Å²) >= 11 is 1.62. The topological polar surface area (TPSA) is 72.1 Å². The molecule has 1 aliphatic carbocycles. The molecular formula is C25H20N4O2S. The molecule has 0 spiro atoms. The van der Waals surface area contributed by atoms with Crippen LogP contribution in [0.5, 0.6) is 0 Å². The monoisotopic (exact) mass is 440 g/mol. The van der Waals surface area contributed by atoms with Crippen molar-refractivity contribution in [2.45, 2.75) is 41.5 Å². The van der Waals surface area contributed by atoms with Gasteiger partial charge in [0.25, 0.3) is 11.8 Å². The lowest BCUT2D eigenvalue weighted by atomic mass is 10.1. The van der Waals surface area contributed by atoms with Crippen molar-refractivity contribution in [2.75, 3.05) is 4.90 Å². The zero-order chi connectivity index (χ0) is 21.5. The van der Waals surface area contributed by atoms with Crippen LogP contribution in [0.2, 0.25) is 0 Å². The zero-order valence-corrected chi connectivity index (χ0v) is 18.1. The Morgan fingerprint density at radius 3 is 2.59 bits per heavy atom. The van der Waals surface area contributed by atoms with E-state index in [1.807, 2.05) is 53.4 Å². The van der Waals surface area contributed by atoms with E-state index in [1.54, 1.807) is 24.2 Å².